The maximum absolute atomic E-state index is 12.6. The summed E-state index contributed by atoms with van der Waals surface area (Å²) in [5.41, 5.74) is 0. The molecule has 4 N–H and O–H groups in total. The minimum atomic E-state index is -4.71. The number of aliphatic hydroxyl groups is 1. The molecular formula is C53H106NO6P. The van der Waals surface area contributed by atoms with Crippen LogP contribution in [0.2, 0.25) is 0 Å². The van der Waals surface area contributed by atoms with Crippen LogP contribution in [0, 0.1) is 0 Å². The Morgan fingerprint density at radius 2 is 0.721 bits per heavy atom. The van der Waals surface area contributed by atoms with Crippen LogP contribution >= 0.6 is 7.82 Å². The van der Waals surface area contributed by atoms with Gasteiger partial charge in [0.1, 0.15) is 0 Å². The van der Waals surface area contributed by atoms with E-state index in [9.17, 15) is 24.3 Å². The van der Waals surface area contributed by atoms with Crippen molar-refractivity contribution in [3.8, 4) is 0 Å². The van der Waals surface area contributed by atoms with Gasteiger partial charge < -0.3 is 20.2 Å². The monoisotopic (exact) mass is 884 g/mol. The summed E-state index contributed by atoms with van der Waals surface area (Å²) >= 11 is 0. The number of phosphoric ester groups is 1. The number of phosphoric acid groups is 1. The molecule has 0 radical (unpaired) electrons. The molecule has 0 aliphatic carbocycles. The summed E-state index contributed by atoms with van der Waals surface area (Å²) in [5.74, 6) is -0.220. The average Bonchev–Trinajstić information content (AvgIpc) is 3.24. The molecule has 61 heavy (non-hydrogen) atoms. The van der Waals surface area contributed by atoms with Gasteiger partial charge in [-0.2, -0.15) is 0 Å². The van der Waals surface area contributed by atoms with Crippen LogP contribution in [0.25, 0.3) is 0 Å². The maximum Gasteiger partial charge on any atom is 0.469 e. The van der Waals surface area contributed by atoms with E-state index in [2.05, 4.69) is 23.7 Å². The Morgan fingerprint density at radius 3 is 1.00 bits per heavy atom. The van der Waals surface area contributed by atoms with Crippen molar-refractivity contribution in [1.29, 1.82) is 0 Å². The molecule has 0 aliphatic heterocycles. The van der Waals surface area contributed by atoms with Gasteiger partial charge in [0.2, 0.25) is 5.91 Å². The van der Waals surface area contributed by atoms with Crippen molar-refractivity contribution in [2.45, 2.75) is 315 Å². The fourth-order valence-corrected chi connectivity index (χ4v) is 9.00. The quantitative estimate of drug-likeness (QED) is 0.0275. The fourth-order valence-electron chi connectivity index (χ4n) is 8.64. The van der Waals surface area contributed by atoms with Crippen molar-refractivity contribution >= 4 is 13.7 Å². The van der Waals surface area contributed by atoms with Gasteiger partial charge in [-0.1, -0.05) is 289 Å². The Bertz CT molecular complexity index is 957. The fraction of sp³-hybridized carbons (Fsp3) is 0.943. The van der Waals surface area contributed by atoms with Crippen molar-refractivity contribution in [2.75, 3.05) is 6.61 Å². The predicted octanol–water partition coefficient (Wildman–Crippen LogP) is 17.1. The van der Waals surface area contributed by atoms with E-state index in [4.69, 9.17) is 0 Å². The second-order valence-corrected chi connectivity index (χ2v) is 20.2. The molecule has 0 aliphatic rings. The van der Waals surface area contributed by atoms with Gasteiger partial charge in [-0.15, -0.1) is 0 Å². The lowest BCUT2D eigenvalue weighted by atomic mass is 10.0. The Morgan fingerprint density at radius 1 is 0.459 bits per heavy atom. The number of carbonyl (C=O) groups is 1. The van der Waals surface area contributed by atoms with E-state index < -0.39 is 26.6 Å². The van der Waals surface area contributed by atoms with Crippen molar-refractivity contribution in [2.24, 2.45) is 0 Å². The van der Waals surface area contributed by atoms with Crippen LogP contribution < -0.4 is 5.32 Å². The summed E-state index contributed by atoms with van der Waals surface area (Å²) in [6.07, 6.45) is 61.5. The summed E-state index contributed by atoms with van der Waals surface area (Å²) in [4.78, 5) is 31.0. The van der Waals surface area contributed by atoms with Crippen molar-refractivity contribution in [3.63, 3.8) is 0 Å². The van der Waals surface area contributed by atoms with Gasteiger partial charge in [0.25, 0.3) is 0 Å². The summed E-state index contributed by atoms with van der Waals surface area (Å²) in [6.45, 7) is 4.10. The van der Waals surface area contributed by atoms with Gasteiger partial charge in [0.05, 0.1) is 18.8 Å². The molecule has 0 bridgehead atoms. The van der Waals surface area contributed by atoms with Gasteiger partial charge >= 0.3 is 7.82 Å². The first-order valence-electron chi connectivity index (χ1n) is 27.1. The minimum Gasteiger partial charge on any atom is -0.387 e. The normalized spacial score (nSPS) is 13.1. The van der Waals surface area contributed by atoms with Crippen LogP contribution in [0.1, 0.15) is 303 Å². The second-order valence-electron chi connectivity index (χ2n) is 18.9. The smallest absolute Gasteiger partial charge is 0.387 e. The van der Waals surface area contributed by atoms with Crippen LogP contribution in [-0.2, 0) is 13.9 Å². The molecule has 7 nitrogen and oxygen atoms in total. The molecule has 0 unspecified atom stereocenters. The van der Waals surface area contributed by atoms with Gasteiger partial charge in [-0.3, -0.25) is 9.32 Å². The molecule has 0 aromatic rings. The number of nitrogens with one attached hydrogen (secondary N) is 1. The summed E-state index contributed by atoms with van der Waals surface area (Å²) in [5, 5.41) is 13.4. The number of aliphatic hydroxyl groups excluding tert-OH is 1. The molecular weight excluding hydrogens is 778 g/mol. The molecule has 8 heteroatoms. The number of carbonyl (C=O) groups excluding carboxylic acids is 1. The number of hydrogen-bond acceptors (Lipinski definition) is 4. The highest BCUT2D eigenvalue weighted by Gasteiger charge is 2.24. The molecule has 0 heterocycles. The molecule has 0 aromatic carbocycles. The summed E-state index contributed by atoms with van der Waals surface area (Å²) in [6, 6.07) is -0.905. The topological polar surface area (TPSA) is 116 Å². The lowest BCUT2D eigenvalue weighted by Gasteiger charge is -2.22. The SMILES string of the molecule is CCCCCCCCCCCC/C=C/[C@@H](O)[C@H](COP(=O)(O)O)NC(=O)CCCCCCCCCCCCCCCCCCCCCCCCCCCCCCCCCCC. The van der Waals surface area contributed by atoms with E-state index in [1.807, 2.05) is 6.08 Å². The Kier molecular flexibility index (Phi) is 48.2. The zero-order chi connectivity index (χ0) is 44.6. The van der Waals surface area contributed by atoms with E-state index in [1.54, 1.807) is 6.08 Å². The van der Waals surface area contributed by atoms with Crippen LogP contribution in [0.3, 0.4) is 0 Å². The average molecular weight is 884 g/mol. The number of amides is 1. The van der Waals surface area contributed by atoms with E-state index in [-0.39, 0.29) is 5.91 Å². The van der Waals surface area contributed by atoms with Crippen LogP contribution in [0.15, 0.2) is 12.2 Å². The third-order valence-corrected chi connectivity index (χ3v) is 13.2. The third-order valence-electron chi connectivity index (χ3n) is 12.7. The first kappa shape index (κ1) is 60.3. The highest BCUT2D eigenvalue weighted by Crippen LogP contribution is 2.36. The van der Waals surface area contributed by atoms with Crippen LogP contribution in [0.5, 0.6) is 0 Å². The van der Waals surface area contributed by atoms with Crippen molar-refractivity contribution in [3.05, 3.63) is 12.2 Å². The third kappa shape index (κ3) is 50.1. The molecule has 0 aromatic heterocycles. The highest BCUT2D eigenvalue weighted by atomic mass is 31.2. The zero-order valence-corrected chi connectivity index (χ0v) is 41.7. The lowest BCUT2D eigenvalue weighted by Crippen LogP contribution is -2.45. The van der Waals surface area contributed by atoms with Crippen molar-refractivity contribution in [1.82, 2.24) is 5.32 Å². The van der Waals surface area contributed by atoms with E-state index in [0.29, 0.717) is 6.42 Å². The second kappa shape index (κ2) is 48.7. The molecule has 0 fully saturated rings. The van der Waals surface area contributed by atoms with Crippen LogP contribution in [0.4, 0.5) is 0 Å². The molecule has 0 saturated heterocycles. The van der Waals surface area contributed by atoms with Gasteiger partial charge in [0, 0.05) is 6.42 Å². The Labute approximate surface area is 380 Å². The molecule has 2 atom stereocenters. The summed E-state index contributed by atoms with van der Waals surface area (Å²) in [7, 11) is -4.71. The van der Waals surface area contributed by atoms with E-state index in [0.717, 1.165) is 38.5 Å². The first-order valence-corrected chi connectivity index (χ1v) is 28.7. The lowest BCUT2D eigenvalue weighted by molar-refractivity contribution is -0.123. The number of allylic oxidation sites excluding steroid dienone is 1. The summed E-state index contributed by atoms with van der Waals surface area (Å²) < 4.78 is 16.0. The Balaban J connectivity index is 3.62. The minimum absolute atomic E-state index is 0.220. The van der Waals surface area contributed by atoms with E-state index in [1.165, 1.54) is 244 Å². The predicted molar refractivity (Wildman–Crippen MR) is 264 cm³/mol. The zero-order valence-electron chi connectivity index (χ0n) is 40.8. The molecule has 0 saturated carbocycles. The van der Waals surface area contributed by atoms with Gasteiger partial charge in [-0.25, -0.2) is 4.57 Å². The Hall–Kier alpha value is -0.720. The number of hydrogen-bond donors (Lipinski definition) is 4. The maximum atomic E-state index is 12.6. The molecule has 0 rings (SSSR count). The highest BCUT2D eigenvalue weighted by molar-refractivity contribution is 7.46. The standard InChI is InChI=1S/C53H106NO6P/c1-3-5-7-9-11-13-15-17-18-19-20-21-22-23-24-25-26-27-28-29-30-31-32-33-34-35-36-37-39-41-43-45-47-49-53(56)54-51(50-60-61(57,58)59)52(55)48-46-44-42-40-38-16-14-12-10-8-6-4-2/h46,48,51-52,55H,3-45,47,49-50H2,1-2H3,(H,54,56)(H2,57,58,59)/b48-46+/t51-,52+/m0/s1. The van der Waals surface area contributed by atoms with E-state index >= 15 is 0 Å². The largest absolute Gasteiger partial charge is 0.469 e. The van der Waals surface area contributed by atoms with Crippen LogP contribution in [-0.4, -0.2) is 39.6 Å². The van der Waals surface area contributed by atoms with Gasteiger partial charge in [-0.05, 0) is 19.3 Å². The first-order chi connectivity index (χ1) is 29.8. The number of unbranched alkanes of at least 4 members (excludes halogenated alkanes) is 42. The molecule has 1 amide bonds. The molecule has 0 spiro atoms. The molecule has 364 valence electrons. The van der Waals surface area contributed by atoms with Crippen molar-refractivity contribution < 1.29 is 28.8 Å². The number of rotatable bonds is 51. The van der Waals surface area contributed by atoms with Gasteiger partial charge in [0.15, 0.2) is 0 Å².